The van der Waals surface area contributed by atoms with Gasteiger partial charge in [-0.1, -0.05) is 76.7 Å². The summed E-state index contributed by atoms with van der Waals surface area (Å²) in [6.45, 7) is 1.40. The van der Waals surface area contributed by atoms with Crippen molar-refractivity contribution < 1.29 is 38.9 Å². The molecule has 232 valence electrons. The number of hydrogen-bond donors (Lipinski definition) is 3. The lowest BCUT2D eigenvalue weighted by atomic mass is 9.94. The van der Waals surface area contributed by atoms with Crippen molar-refractivity contribution >= 4 is 23.6 Å². The van der Waals surface area contributed by atoms with Gasteiger partial charge in [-0.3, -0.25) is 14.4 Å². The summed E-state index contributed by atoms with van der Waals surface area (Å²) in [5, 5.41) is 21.1. The third-order valence-electron chi connectivity index (χ3n) is 7.12. The van der Waals surface area contributed by atoms with Gasteiger partial charge in [0.25, 0.3) is 0 Å². The summed E-state index contributed by atoms with van der Waals surface area (Å²) in [6, 6.07) is 6.60. The van der Waals surface area contributed by atoms with Gasteiger partial charge in [-0.25, -0.2) is 4.79 Å². The van der Waals surface area contributed by atoms with Gasteiger partial charge in [0.2, 0.25) is 5.91 Å². The fourth-order valence-corrected chi connectivity index (χ4v) is 4.65. The molecule has 1 atom stereocenters. The summed E-state index contributed by atoms with van der Waals surface area (Å²) in [5.74, 6) is -2.41. The molecular weight excluding hydrogens is 526 g/mol. The number of methoxy groups -OCH3 is 1. The average molecular weight is 578 g/mol. The zero-order valence-corrected chi connectivity index (χ0v) is 24.9. The molecule has 0 unspecified atom stereocenters. The first-order valence-electron chi connectivity index (χ1n) is 15.3. The Kier molecular flexibility index (Phi) is 20.9. The molecule has 1 rings (SSSR count). The highest BCUT2D eigenvalue weighted by Gasteiger charge is 2.22. The molecule has 0 fully saturated rings. The van der Waals surface area contributed by atoms with Crippen LogP contribution >= 0.6 is 0 Å². The van der Waals surface area contributed by atoms with E-state index < -0.39 is 17.9 Å². The number of carboxylic acids is 2. The van der Waals surface area contributed by atoms with E-state index >= 15 is 0 Å². The standard InChI is InChI=1S/C32H51NO8/c1-40-23-21-33-30(35)20-19-27(32(38)39)24-28(34)17-13-11-9-7-5-3-2-4-6-8-10-12-14-22-41-29-18-15-16-26(25-29)31(36)37/h15-16,18,25,27H,2-14,17,19-24H2,1H3,(H,33,35)(H,36,37)(H,38,39)/t27-/m1/s1. The number of ketones is 1. The van der Waals surface area contributed by atoms with E-state index in [1.807, 2.05) is 0 Å². The summed E-state index contributed by atoms with van der Waals surface area (Å²) >= 11 is 0. The van der Waals surface area contributed by atoms with E-state index in [9.17, 15) is 24.3 Å². The number of aromatic carboxylic acids is 1. The van der Waals surface area contributed by atoms with Crippen molar-refractivity contribution in [3.63, 3.8) is 0 Å². The van der Waals surface area contributed by atoms with Gasteiger partial charge in [-0.05, 0) is 37.5 Å². The molecule has 0 aromatic heterocycles. The highest BCUT2D eigenvalue weighted by molar-refractivity contribution is 5.88. The van der Waals surface area contributed by atoms with Gasteiger partial charge < -0.3 is 25.0 Å². The first kappa shape index (κ1) is 36.1. The lowest BCUT2D eigenvalue weighted by Gasteiger charge is -2.11. The minimum atomic E-state index is -1.02. The minimum absolute atomic E-state index is 0.00247. The van der Waals surface area contributed by atoms with E-state index in [0.717, 1.165) is 32.1 Å². The SMILES string of the molecule is COCCNC(=O)CC[C@H](CC(=O)CCCCCCCCCCCCCCCOc1cccc(C(=O)O)c1)C(=O)O. The van der Waals surface area contributed by atoms with Crippen LogP contribution in [-0.2, 0) is 19.1 Å². The molecule has 3 N–H and O–H groups in total. The largest absolute Gasteiger partial charge is 0.494 e. The molecule has 0 spiro atoms. The molecule has 0 saturated carbocycles. The molecule has 0 bridgehead atoms. The molecule has 1 amide bonds. The monoisotopic (exact) mass is 577 g/mol. The summed E-state index contributed by atoms with van der Waals surface area (Å²) in [7, 11) is 1.54. The normalized spacial score (nSPS) is 11.6. The maximum Gasteiger partial charge on any atom is 0.335 e. The van der Waals surface area contributed by atoms with Crippen LogP contribution in [0.2, 0.25) is 0 Å². The van der Waals surface area contributed by atoms with Crippen molar-refractivity contribution in [2.24, 2.45) is 5.92 Å². The highest BCUT2D eigenvalue weighted by atomic mass is 16.5. The number of unbranched alkanes of at least 4 members (excludes halogenated alkanes) is 12. The van der Waals surface area contributed by atoms with Crippen LogP contribution in [0.4, 0.5) is 0 Å². The Labute approximate surface area is 245 Å². The van der Waals surface area contributed by atoms with Gasteiger partial charge >= 0.3 is 11.9 Å². The van der Waals surface area contributed by atoms with Gasteiger partial charge in [0, 0.05) is 32.9 Å². The highest BCUT2D eigenvalue weighted by Crippen LogP contribution is 2.17. The fraction of sp³-hybridized carbons (Fsp3) is 0.688. The predicted octanol–water partition coefficient (Wildman–Crippen LogP) is 6.43. The molecule has 0 aliphatic rings. The zero-order chi connectivity index (χ0) is 30.1. The van der Waals surface area contributed by atoms with Gasteiger partial charge in [0.15, 0.2) is 0 Å². The van der Waals surface area contributed by atoms with Gasteiger partial charge in [0.1, 0.15) is 11.5 Å². The molecule has 41 heavy (non-hydrogen) atoms. The molecule has 0 aliphatic heterocycles. The second-order valence-corrected chi connectivity index (χ2v) is 10.7. The number of Topliss-reactive ketones (excluding diaryl/α,β-unsaturated/α-hetero) is 1. The van der Waals surface area contributed by atoms with Crippen LogP contribution in [0.15, 0.2) is 24.3 Å². The number of hydrogen-bond acceptors (Lipinski definition) is 6. The smallest absolute Gasteiger partial charge is 0.335 e. The van der Waals surface area contributed by atoms with E-state index in [1.165, 1.54) is 51.4 Å². The van der Waals surface area contributed by atoms with Gasteiger partial charge in [-0.15, -0.1) is 0 Å². The Balaban J connectivity index is 1.92. The summed E-state index contributed by atoms with van der Waals surface area (Å²) in [5.41, 5.74) is 0.243. The van der Waals surface area contributed by atoms with Crippen molar-refractivity contribution in [3.8, 4) is 5.75 Å². The van der Waals surface area contributed by atoms with E-state index in [4.69, 9.17) is 14.6 Å². The second-order valence-electron chi connectivity index (χ2n) is 10.7. The van der Waals surface area contributed by atoms with Crippen molar-refractivity contribution in [3.05, 3.63) is 29.8 Å². The zero-order valence-electron chi connectivity index (χ0n) is 24.9. The maximum atomic E-state index is 12.2. The number of aliphatic carboxylic acids is 1. The lowest BCUT2D eigenvalue weighted by molar-refractivity contribution is -0.144. The van der Waals surface area contributed by atoms with Crippen molar-refractivity contribution in [2.75, 3.05) is 26.9 Å². The minimum Gasteiger partial charge on any atom is -0.494 e. The van der Waals surface area contributed by atoms with Crippen LogP contribution in [0.5, 0.6) is 5.75 Å². The van der Waals surface area contributed by atoms with Gasteiger partial charge in [0.05, 0.1) is 24.7 Å². The third kappa shape index (κ3) is 19.7. The topological polar surface area (TPSA) is 139 Å². The van der Waals surface area contributed by atoms with Crippen LogP contribution in [0.3, 0.4) is 0 Å². The quantitative estimate of drug-likeness (QED) is 0.102. The molecule has 1 aromatic carbocycles. The van der Waals surface area contributed by atoms with E-state index in [0.29, 0.717) is 31.9 Å². The number of nitrogens with one attached hydrogen (secondary N) is 1. The molecule has 9 nitrogen and oxygen atoms in total. The summed E-state index contributed by atoms with van der Waals surface area (Å²) in [6.07, 6.45) is 15.4. The van der Waals surface area contributed by atoms with Crippen LogP contribution < -0.4 is 10.1 Å². The molecule has 0 saturated heterocycles. The van der Waals surface area contributed by atoms with E-state index in [-0.39, 0.29) is 36.5 Å². The molecule has 0 aliphatic carbocycles. The Morgan fingerprint density at radius 1 is 0.780 bits per heavy atom. The number of benzene rings is 1. The van der Waals surface area contributed by atoms with Gasteiger partial charge in [-0.2, -0.15) is 0 Å². The molecule has 1 aromatic rings. The fourth-order valence-electron chi connectivity index (χ4n) is 4.65. The number of ether oxygens (including phenoxy) is 2. The summed E-state index contributed by atoms with van der Waals surface area (Å²) < 4.78 is 10.5. The lowest BCUT2D eigenvalue weighted by Crippen LogP contribution is -2.28. The number of carbonyl (C=O) groups excluding carboxylic acids is 2. The first-order valence-corrected chi connectivity index (χ1v) is 15.3. The number of carbonyl (C=O) groups is 4. The number of carboxylic acid groups (broad SMARTS) is 2. The third-order valence-corrected chi connectivity index (χ3v) is 7.12. The van der Waals surface area contributed by atoms with E-state index in [1.54, 1.807) is 31.4 Å². The molecule has 0 radical (unpaired) electrons. The van der Waals surface area contributed by atoms with Crippen molar-refractivity contribution in [2.45, 2.75) is 109 Å². The first-order chi connectivity index (χ1) is 19.8. The second kappa shape index (κ2) is 23.7. The molecule has 9 heteroatoms. The van der Waals surface area contributed by atoms with E-state index in [2.05, 4.69) is 5.32 Å². The maximum absolute atomic E-state index is 12.2. The van der Waals surface area contributed by atoms with Crippen LogP contribution in [-0.4, -0.2) is 60.7 Å². The Hall–Kier alpha value is -2.94. The molecular formula is C32H51NO8. The number of rotatable bonds is 27. The van der Waals surface area contributed by atoms with Crippen molar-refractivity contribution in [1.82, 2.24) is 5.32 Å². The Morgan fingerprint density at radius 2 is 1.37 bits per heavy atom. The summed E-state index contributed by atoms with van der Waals surface area (Å²) in [4.78, 5) is 46.5. The Morgan fingerprint density at radius 3 is 1.93 bits per heavy atom. The van der Waals surface area contributed by atoms with Crippen LogP contribution in [0.1, 0.15) is 120 Å². The Bertz CT molecular complexity index is 888. The van der Waals surface area contributed by atoms with Crippen LogP contribution in [0, 0.1) is 5.92 Å². The number of amides is 1. The predicted molar refractivity (Wildman–Crippen MR) is 158 cm³/mol. The molecule has 0 heterocycles. The average Bonchev–Trinajstić information content (AvgIpc) is 2.95. The van der Waals surface area contributed by atoms with Crippen molar-refractivity contribution in [1.29, 1.82) is 0 Å². The van der Waals surface area contributed by atoms with Crippen LogP contribution in [0.25, 0.3) is 0 Å².